The predicted molar refractivity (Wildman–Crippen MR) is 61.2 cm³/mol. The van der Waals surface area contributed by atoms with Gasteiger partial charge in [-0.2, -0.15) is 0 Å². The number of carboxylic acid groups (broad SMARTS) is 1. The molecule has 1 aromatic heterocycles. The number of aromatic carboxylic acids is 1. The van der Waals surface area contributed by atoms with Crippen LogP contribution in [0.5, 0.6) is 0 Å². The third-order valence-corrected chi connectivity index (χ3v) is 2.97. The third kappa shape index (κ3) is 2.71. The molecule has 0 atom stereocenters. The van der Waals surface area contributed by atoms with Crippen LogP contribution in [0.15, 0.2) is 12.1 Å². The van der Waals surface area contributed by atoms with Gasteiger partial charge in [0.1, 0.15) is 0 Å². The van der Waals surface area contributed by atoms with Gasteiger partial charge in [-0.15, -0.1) is 10.2 Å². The lowest BCUT2D eigenvalue weighted by Crippen LogP contribution is -2.37. The van der Waals surface area contributed by atoms with Crippen LogP contribution in [0.4, 0.5) is 5.82 Å². The van der Waals surface area contributed by atoms with E-state index in [-0.39, 0.29) is 5.69 Å². The first-order valence-electron chi connectivity index (χ1n) is 5.56. The Morgan fingerprint density at radius 2 is 2.12 bits per heavy atom. The van der Waals surface area contributed by atoms with Crippen LogP contribution in [-0.4, -0.2) is 47.6 Å². The Labute approximate surface area is 99.2 Å². The fourth-order valence-corrected chi connectivity index (χ4v) is 1.89. The van der Waals surface area contributed by atoms with Gasteiger partial charge in [-0.1, -0.05) is 0 Å². The van der Waals surface area contributed by atoms with Crippen LogP contribution in [-0.2, 0) is 4.74 Å². The van der Waals surface area contributed by atoms with Gasteiger partial charge >= 0.3 is 5.97 Å². The largest absolute Gasteiger partial charge is 0.476 e. The summed E-state index contributed by atoms with van der Waals surface area (Å²) in [6.07, 6.45) is 1.91. The number of rotatable bonds is 3. The summed E-state index contributed by atoms with van der Waals surface area (Å²) in [4.78, 5) is 12.7. The van der Waals surface area contributed by atoms with E-state index in [0.29, 0.717) is 11.9 Å². The van der Waals surface area contributed by atoms with Crippen molar-refractivity contribution >= 4 is 11.8 Å². The van der Waals surface area contributed by atoms with Gasteiger partial charge in [0.2, 0.25) is 0 Å². The van der Waals surface area contributed by atoms with E-state index < -0.39 is 5.97 Å². The summed E-state index contributed by atoms with van der Waals surface area (Å²) in [7, 11) is 1.94. The normalized spacial score (nSPS) is 16.8. The van der Waals surface area contributed by atoms with Gasteiger partial charge in [0.25, 0.3) is 0 Å². The molecule has 92 valence electrons. The van der Waals surface area contributed by atoms with E-state index in [4.69, 9.17) is 9.84 Å². The van der Waals surface area contributed by atoms with Crippen molar-refractivity contribution < 1.29 is 14.6 Å². The van der Waals surface area contributed by atoms with Crippen LogP contribution < -0.4 is 4.90 Å². The molecule has 1 N–H and O–H groups in total. The lowest BCUT2D eigenvalue weighted by atomic mass is 10.1. The van der Waals surface area contributed by atoms with Gasteiger partial charge in [-0.05, 0) is 25.0 Å². The number of carboxylic acids is 1. The monoisotopic (exact) mass is 237 g/mol. The number of aromatic nitrogens is 2. The van der Waals surface area contributed by atoms with Crippen molar-refractivity contribution in [2.75, 3.05) is 25.2 Å². The number of carbonyl (C=O) groups is 1. The molecule has 0 aliphatic carbocycles. The topological polar surface area (TPSA) is 75.6 Å². The smallest absolute Gasteiger partial charge is 0.356 e. The molecule has 1 aromatic rings. The minimum atomic E-state index is -1.06. The van der Waals surface area contributed by atoms with Gasteiger partial charge in [-0.3, -0.25) is 0 Å². The zero-order valence-corrected chi connectivity index (χ0v) is 9.67. The average Bonchev–Trinajstić information content (AvgIpc) is 2.39. The van der Waals surface area contributed by atoms with E-state index in [9.17, 15) is 4.79 Å². The van der Waals surface area contributed by atoms with Crippen molar-refractivity contribution in [2.24, 2.45) is 0 Å². The number of nitrogens with zero attached hydrogens (tertiary/aromatic N) is 3. The molecular formula is C11H15N3O3. The Morgan fingerprint density at radius 1 is 1.41 bits per heavy atom. The van der Waals surface area contributed by atoms with E-state index >= 15 is 0 Å². The molecule has 17 heavy (non-hydrogen) atoms. The molecule has 0 radical (unpaired) electrons. The summed E-state index contributed by atoms with van der Waals surface area (Å²) in [5.74, 6) is -0.361. The Hall–Kier alpha value is -1.69. The van der Waals surface area contributed by atoms with Crippen LogP contribution >= 0.6 is 0 Å². The molecule has 2 rings (SSSR count). The second-order valence-electron chi connectivity index (χ2n) is 4.04. The molecule has 6 nitrogen and oxygen atoms in total. The number of ether oxygens (including phenoxy) is 1. The highest BCUT2D eigenvalue weighted by Crippen LogP contribution is 2.18. The van der Waals surface area contributed by atoms with Gasteiger partial charge in [0.05, 0.1) is 0 Å². The first kappa shape index (κ1) is 11.8. The fraction of sp³-hybridized carbons (Fsp3) is 0.545. The SMILES string of the molecule is CN(c1ccc(C(=O)O)nn1)C1CCOCC1. The molecule has 0 spiro atoms. The zero-order chi connectivity index (χ0) is 12.3. The molecule has 1 fully saturated rings. The zero-order valence-electron chi connectivity index (χ0n) is 9.67. The molecular weight excluding hydrogens is 222 g/mol. The molecule has 0 amide bonds. The van der Waals surface area contributed by atoms with E-state index in [1.807, 2.05) is 11.9 Å². The minimum Gasteiger partial charge on any atom is -0.476 e. The molecule has 6 heteroatoms. The maximum atomic E-state index is 10.7. The van der Waals surface area contributed by atoms with Crippen molar-refractivity contribution in [2.45, 2.75) is 18.9 Å². The number of anilines is 1. The summed E-state index contributed by atoms with van der Waals surface area (Å²) < 4.78 is 5.30. The minimum absolute atomic E-state index is 0.0332. The van der Waals surface area contributed by atoms with Gasteiger partial charge < -0.3 is 14.7 Å². The molecule has 0 bridgehead atoms. The highest BCUT2D eigenvalue weighted by Gasteiger charge is 2.20. The Kier molecular flexibility index (Phi) is 3.53. The highest BCUT2D eigenvalue weighted by molar-refractivity contribution is 5.85. The molecule has 1 aliphatic rings. The molecule has 1 saturated heterocycles. The van der Waals surface area contributed by atoms with E-state index in [0.717, 1.165) is 26.1 Å². The summed E-state index contributed by atoms with van der Waals surface area (Å²) in [6, 6.07) is 3.54. The lowest BCUT2D eigenvalue weighted by Gasteiger charge is -2.31. The Balaban J connectivity index is 2.07. The van der Waals surface area contributed by atoms with Crippen LogP contribution in [0, 0.1) is 0 Å². The second-order valence-corrected chi connectivity index (χ2v) is 4.04. The molecule has 2 heterocycles. The van der Waals surface area contributed by atoms with Crippen LogP contribution in [0.1, 0.15) is 23.3 Å². The van der Waals surface area contributed by atoms with Crippen molar-refractivity contribution in [3.63, 3.8) is 0 Å². The standard InChI is InChI=1S/C11H15N3O3/c1-14(8-4-6-17-7-5-8)10-3-2-9(11(15)16)12-13-10/h2-3,8H,4-7H2,1H3,(H,15,16). The quantitative estimate of drug-likeness (QED) is 0.837. The molecule has 0 unspecified atom stereocenters. The van der Waals surface area contributed by atoms with Crippen LogP contribution in [0.3, 0.4) is 0 Å². The van der Waals surface area contributed by atoms with E-state index in [2.05, 4.69) is 10.2 Å². The number of hydrogen-bond donors (Lipinski definition) is 1. The summed E-state index contributed by atoms with van der Waals surface area (Å²) in [5, 5.41) is 16.3. The van der Waals surface area contributed by atoms with Gasteiger partial charge in [0, 0.05) is 26.3 Å². The average molecular weight is 237 g/mol. The Morgan fingerprint density at radius 3 is 2.65 bits per heavy atom. The predicted octanol–water partition coefficient (Wildman–Crippen LogP) is 0.790. The molecule has 0 saturated carbocycles. The molecule has 1 aliphatic heterocycles. The van der Waals surface area contributed by atoms with Crippen molar-refractivity contribution in [3.8, 4) is 0 Å². The van der Waals surface area contributed by atoms with E-state index in [1.165, 1.54) is 6.07 Å². The maximum Gasteiger partial charge on any atom is 0.356 e. The first-order chi connectivity index (χ1) is 8.18. The maximum absolute atomic E-state index is 10.7. The van der Waals surface area contributed by atoms with Crippen molar-refractivity contribution in [1.82, 2.24) is 10.2 Å². The number of hydrogen-bond acceptors (Lipinski definition) is 5. The summed E-state index contributed by atoms with van der Waals surface area (Å²) in [5.41, 5.74) is -0.0332. The van der Waals surface area contributed by atoms with Crippen molar-refractivity contribution in [3.05, 3.63) is 17.8 Å². The van der Waals surface area contributed by atoms with Crippen LogP contribution in [0.25, 0.3) is 0 Å². The Bertz CT molecular complexity index is 387. The van der Waals surface area contributed by atoms with E-state index in [1.54, 1.807) is 6.07 Å². The van der Waals surface area contributed by atoms with Crippen LogP contribution in [0.2, 0.25) is 0 Å². The summed E-state index contributed by atoms with van der Waals surface area (Å²) in [6.45, 7) is 1.52. The lowest BCUT2D eigenvalue weighted by molar-refractivity contribution is 0.0689. The first-order valence-corrected chi connectivity index (χ1v) is 5.56. The van der Waals surface area contributed by atoms with Gasteiger partial charge in [-0.25, -0.2) is 4.79 Å². The van der Waals surface area contributed by atoms with Crippen molar-refractivity contribution in [1.29, 1.82) is 0 Å². The molecule has 0 aromatic carbocycles. The highest BCUT2D eigenvalue weighted by atomic mass is 16.5. The fourth-order valence-electron chi connectivity index (χ4n) is 1.89. The second kappa shape index (κ2) is 5.09. The third-order valence-electron chi connectivity index (χ3n) is 2.97. The van der Waals surface area contributed by atoms with Gasteiger partial charge in [0.15, 0.2) is 11.5 Å². The summed E-state index contributed by atoms with van der Waals surface area (Å²) >= 11 is 0.